The molecule has 0 N–H and O–H groups in total. The quantitative estimate of drug-likeness (QED) is 0.779. The van der Waals surface area contributed by atoms with Gasteiger partial charge in [-0.15, -0.1) is 6.42 Å². The largest absolute Gasteiger partial charge is 0.471 e. The molecule has 21 heavy (non-hydrogen) atoms. The van der Waals surface area contributed by atoms with Crippen molar-refractivity contribution in [2.45, 2.75) is 20.0 Å². The van der Waals surface area contributed by atoms with Gasteiger partial charge in [-0.3, -0.25) is 9.69 Å². The highest BCUT2D eigenvalue weighted by atomic mass is 19.4. The lowest BCUT2D eigenvalue weighted by atomic mass is 10.3. The van der Waals surface area contributed by atoms with Crippen LogP contribution in [0.4, 0.5) is 24.8 Å². The fourth-order valence-corrected chi connectivity index (χ4v) is 1.65. The maximum absolute atomic E-state index is 12.5. The number of hydrogen-bond acceptors (Lipinski definition) is 4. The Hall–Kier alpha value is -2.30. The molecule has 114 valence electrons. The molecular formula is C13H15F3N4O. The van der Waals surface area contributed by atoms with Gasteiger partial charge in [0.25, 0.3) is 0 Å². The van der Waals surface area contributed by atoms with Crippen molar-refractivity contribution in [2.24, 2.45) is 0 Å². The van der Waals surface area contributed by atoms with Crippen molar-refractivity contribution in [2.75, 3.05) is 29.4 Å². The zero-order valence-corrected chi connectivity index (χ0v) is 11.7. The van der Waals surface area contributed by atoms with Crippen molar-refractivity contribution in [3.05, 3.63) is 12.4 Å². The van der Waals surface area contributed by atoms with Crippen LogP contribution < -0.4 is 9.80 Å². The van der Waals surface area contributed by atoms with Crippen LogP contribution in [0.2, 0.25) is 0 Å². The van der Waals surface area contributed by atoms with Crippen LogP contribution in [0.25, 0.3) is 0 Å². The van der Waals surface area contributed by atoms with Gasteiger partial charge in [0, 0.05) is 13.1 Å². The number of aromatic nitrogens is 2. The number of terminal acetylenes is 1. The Morgan fingerprint density at radius 2 is 1.81 bits per heavy atom. The van der Waals surface area contributed by atoms with Crippen molar-refractivity contribution in [3.63, 3.8) is 0 Å². The summed E-state index contributed by atoms with van der Waals surface area (Å²) in [6.45, 7) is 4.61. The summed E-state index contributed by atoms with van der Waals surface area (Å²) < 4.78 is 37.5. The Morgan fingerprint density at radius 3 is 2.19 bits per heavy atom. The molecule has 0 aliphatic heterocycles. The third-order valence-corrected chi connectivity index (χ3v) is 2.72. The van der Waals surface area contributed by atoms with Gasteiger partial charge in [0.2, 0.25) is 5.95 Å². The summed E-state index contributed by atoms with van der Waals surface area (Å²) >= 11 is 0. The number of rotatable bonds is 5. The van der Waals surface area contributed by atoms with Gasteiger partial charge in [-0.05, 0) is 13.8 Å². The molecule has 0 radical (unpaired) electrons. The van der Waals surface area contributed by atoms with Crippen LogP contribution in [0, 0.1) is 12.3 Å². The van der Waals surface area contributed by atoms with Gasteiger partial charge in [-0.2, -0.15) is 13.2 Å². The van der Waals surface area contributed by atoms with E-state index in [2.05, 4.69) is 9.97 Å². The van der Waals surface area contributed by atoms with E-state index in [1.165, 1.54) is 0 Å². The number of alkyl halides is 3. The molecule has 1 amide bonds. The second kappa shape index (κ2) is 6.92. The minimum atomic E-state index is -5.01. The average molecular weight is 300 g/mol. The lowest BCUT2D eigenvalue weighted by Gasteiger charge is -2.22. The first-order valence-corrected chi connectivity index (χ1v) is 6.24. The molecule has 0 fully saturated rings. The fourth-order valence-electron chi connectivity index (χ4n) is 1.65. The first-order chi connectivity index (χ1) is 9.85. The number of carbonyl (C=O) groups excluding carboxylic acids is 1. The molecule has 0 aliphatic rings. The molecule has 1 aromatic rings. The van der Waals surface area contributed by atoms with Gasteiger partial charge in [0.05, 0.1) is 24.6 Å². The van der Waals surface area contributed by atoms with Crippen molar-refractivity contribution < 1.29 is 18.0 Å². The Kier molecular flexibility index (Phi) is 5.52. The minimum Gasteiger partial charge on any atom is -0.341 e. The van der Waals surface area contributed by atoms with Gasteiger partial charge in [0.15, 0.2) is 0 Å². The van der Waals surface area contributed by atoms with E-state index in [0.717, 1.165) is 12.4 Å². The molecule has 1 heterocycles. The van der Waals surface area contributed by atoms with Crippen LogP contribution >= 0.6 is 0 Å². The van der Waals surface area contributed by atoms with Crippen LogP contribution in [0.15, 0.2) is 12.4 Å². The van der Waals surface area contributed by atoms with Gasteiger partial charge in [-0.25, -0.2) is 9.97 Å². The van der Waals surface area contributed by atoms with Crippen molar-refractivity contribution in [1.82, 2.24) is 9.97 Å². The third kappa shape index (κ3) is 4.08. The van der Waals surface area contributed by atoms with E-state index >= 15 is 0 Å². The van der Waals surface area contributed by atoms with E-state index in [9.17, 15) is 18.0 Å². The molecule has 0 saturated carbocycles. The summed E-state index contributed by atoms with van der Waals surface area (Å²) in [5.41, 5.74) is -0.0915. The highest BCUT2D eigenvalue weighted by Gasteiger charge is 2.43. The molecular weight excluding hydrogens is 285 g/mol. The predicted molar refractivity (Wildman–Crippen MR) is 72.8 cm³/mol. The van der Waals surface area contributed by atoms with Crippen LogP contribution in [-0.2, 0) is 4.79 Å². The molecule has 0 unspecified atom stereocenters. The van der Waals surface area contributed by atoms with Gasteiger partial charge in [0.1, 0.15) is 0 Å². The third-order valence-electron chi connectivity index (χ3n) is 2.72. The highest BCUT2D eigenvalue weighted by molar-refractivity contribution is 5.97. The fraction of sp³-hybridized carbons (Fsp3) is 0.462. The maximum atomic E-state index is 12.5. The SMILES string of the molecule is C#CCN(C(=O)C(F)(F)F)c1cnc(N(CC)CC)nc1. The zero-order chi connectivity index (χ0) is 16.0. The van der Waals surface area contributed by atoms with E-state index in [0.29, 0.717) is 23.9 Å². The minimum absolute atomic E-state index is 0.0915. The normalized spacial score (nSPS) is 10.9. The van der Waals surface area contributed by atoms with Crippen LogP contribution in [0.5, 0.6) is 0 Å². The van der Waals surface area contributed by atoms with Crippen LogP contribution in [0.3, 0.4) is 0 Å². The van der Waals surface area contributed by atoms with E-state index in [4.69, 9.17) is 6.42 Å². The number of amides is 1. The molecule has 0 aromatic carbocycles. The highest BCUT2D eigenvalue weighted by Crippen LogP contribution is 2.23. The summed E-state index contributed by atoms with van der Waals surface area (Å²) in [4.78, 5) is 21.5. The smallest absolute Gasteiger partial charge is 0.341 e. The van der Waals surface area contributed by atoms with Gasteiger partial charge >= 0.3 is 12.1 Å². The number of anilines is 2. The first kappa shape index (κ1) is 16.8. The van der Waals surface area contributed by atoms with Crippen molar-refractivity contribution in [1.29, 1.82) is 0 Å². The molecule has 5 nitrogen and oxygen atoms in total. The lowest BCUT2D eigenvalue weighted by Crippen LogP contribution is -2.41. The first-order valence-electron chi connectivity index (χ1n) is 6.24. The Bertz CT molecular complexity index is 518. The molecule has 1 rings (SSSR count). The summed E-state index contributed by atoms with van der Waals surface area (Å²) in [5, 5.41) is 0. The summed E-state index contributed by atoms with van der Waals surface area (Å²) in [7, 11) is 0. The van der Waals surface area contributed by atoms with E-state index in [-0.39, 0.29) is 5.69 Å². The maximum Gasteiger partial charge on any atom is 0.471 e. The van der Waals surface area contributed by atoms with Gasteiger partial charge in [-0.1, -0.05) is 5.92 Å². The van der Waals surface area contributed by atoms with E-state index in [1.807, 2.05) is 24.7 Å². The van der Waals surface area contributed by atoms with Crippen LogP contribution in [0.1, 0.15) is 13.8 Å². The molecule has 8 heteroatoms. The molecule has 0 atom stereocenters. The monoisotopic (exact) mass is 300 g/mol. The molecule has 0 spiro atoms. The Balaban J connectivity index is 3.06. The number of hydrogen-bond donors (Lipinski definition) is 0. The topological polar surface area (TPSA) is 49.3 Å². The number of nitrogens with zero attached hydrogens (tertiary/aromatic N) is 4. The molecule has 0 bridgehead atoms. The van der Waals surface area contributed by atoms with E-state index in [1.54, 1.807) is 0 Å². The number of carbonyl (C=O) groups is 1. The molecule has 1 aromatic heterocycles. The Labute approximate surface area is 120 Å². The second-order valence-electron chi connectivity index (χ2n) is 4.01. The molecule has 0 aliphatic carbocycles. The predicted octanol–water partition coefficient (Wildman–Crippen LogP) is 1.85. The van der Waals surface area contributed by atoms with Crippen LogP contribution in [-0.4, -0.2) is 41.7 Å². The summed E-state index contributed by atoms with van der Waals surface area (Å²) in [6.07, 6.45) is 2.31. The second-order valence-corrected chi connectivity index (χ2v) is 4.01. The average Bonchev–Trinajstić information content (AvgIpc) is 2.45. The summed E-state index contributed by atoms with van der Waals surface area (Å²) in [6, 6.07) is 0. The van der Waals surface area contributed by atoms with E-state index < -0.39 is 18.6 Å². The lowest BCUT2D eigenvalue weighted by molar-refractivity contribution is -0.170. The summed E-state index contributed by atoms with van der Waals surface area (Å²) in [5.74, 6) is 0.355. The van der Waals surface area contributed by atoms with Gasteiger partial charge < -0.3 is 4.90 Å². The zero-order valence-electron chi connectivity index (χ0n) is 11.7. The van der Waals surface area contributed by atoms with Crippen molar-refractivity contribution >= 4 is 17.5 Å². The Morgan fingerprint density at radius 1 is 1.29 bits per heavy atom. The number of halogens is 3. The standard InChI is InChI=1S/C13H15F3N4O/c1-4-7-20(11(21)13(14,15)16)10-8-17-12(18-9-10)19(5-2)6-3/h1,8-9H,5-7H2,2-3H3. The molecule has 0 saturated heterocycles. The van der Waals surface area contributed by atoms with Crippen molar-refractivity contribution in [3.8, 4) is 12.3 Å².